The molecule has 0 saturated heterocycles. The fraction of sp³-hybridized carbons (Fsp3) is 0.625. The van der Waals surface area contributed by atoms with Gasteiger partial charge in [0, 0.05) is 6.20 Å². The lowest BCUT2D eigenvalue weighted by Crippen LogP contribution is -2.16. The molecule has 0 spiro atoms. The number of nitrogens with zero attached hydrogens (tertiary/aromatic N) is 2. The standard InChI is InChI=1S/C8H10F4N2O/c9-2-4-14-3-1-7(13-14)5-15-6-8(10,11)12/h1,3H,2,4-6H2. The predicted octanol–water partition coefficient (Wildman–Crippen LogP) is 1.93. The number of ether oxygens (including phenoxy) is 1. The highest BCUT2D eigenvalue weighted by Gasteiger charge is 2.27. The zero-order valence-corrected chi connectivity index (χ0v) is 7.80. The summed E-state index contributed by atoms with van der Waals surface area (Å²) in [5.41, 5.74) is 0.354. The van der Waals surface area contributed by atoms with Crippen molar-refractivity contribution in [1.29, 1.82) is 0 Å². The van der Waals surface area contributed by atoms with Crippen molar-refractivity contribution in [2.75, 3.05) is 13.3 Å². The van der Waals surface area contributed by atoms with Crippen LogP contribution in [-0.4, -0.2) is 29.2 Å². The molecule has 0 aliphatic carbocycles. The Morgan fingerprint density at radius 2 is 2.13 bits per heavy atom. The molecule has 0 N–H and O–H groups in total. The second-order valence-electron chi connectivity index (χ2n) is 2.87. The fourth-order valence-corrected chi connectivity index (χ4v) is 0.963. The van der Waals surface area contributed by atoms with E-state index in [1.807, 2.05) is 0 Å². The van der Waals surface area contributed by atoms with E-state index in [4.69, 9.17) is 0 Å². The van der Waals surface area contributed by atoms with Gasteiger partial charge in [0.2, 0.25) is 0 Å². The molecular weight excluding hydrogens is 216 g/mol. The van der Waals surface area contributed by atoms with Crippen molar-refractivity contribution in [2.45, 2.75) is 19.3 Å². The number of aromatic nitrogens is 2. The van der Waals surface area contributed by atoms with E-state index in [2.05, 4.69) is 9.84 Å². The van der Waals surface area contributed by atoms with Gasteiger partial charge in [-0.25, -0.2) is 4.39 Å². The van der Waals surface area contributed by atoms with Gasteiger partial charge in [-0.1, -0.05) is 0 Å². The van der Waals surface area contributed by atoms with Crippen LogP contribution in [0.15, 0.2) is 12.3 Å². The van der Waals surface area contributed by atoms with E-state index in [-0.39, 0.29) is 13.2 Å². The molecule has 0 bridgehead atoms. The Hall–Kier alpha value is -1.11. The molecule has 1 rings (SSSR count). The number of hydrogen-bond acceptors (Lipinski definition) is 2. The smallest absolute Gasteiger partial charge is 0.366 e. The Balaban J connectivity index is 2.31. The van der Waals surface area contributed by atoms with Gasteiger partial charge in [0.05, 0.1) is 18.8 Å². The Labute approximate surface area is 83.6 Å². The Kier molecular flexibility index (Phi) is 4.07. The largest absolute Gasteiger partial charge is 0.411 e. The fourth-order valence-electron chi connectivity index (χ4n) is 0.963. The van der Waals surface area contributed by atoms with Gasteiger partial charge < -0.3 is 4.74 Å². The van der Waals surface area contributed by atoms with E-state index in [0.29, 0.717) is 5.69 Å². The lowest BCUT2D eigenvalue weighted by molar-refractivity contribution is -0.176. The third-order valence-electron chi connectivity index (χ3n) is 1.53. The molecule has 7 heteroatoms. The van der Waals surface area contributed by atoms with Crippen LogP contribution in [0.1, 0.15) is 5.69 Å². The molecule has 1 aromatic heterocycles. The Bertz CT molecular complexity index is 297. The molecule has 15 heavy (non-hydrogen) atoms. The van der Waals surface area contributed by atoms with E-state index >= 15 is 0 Å². The molecular formula is C8H10F4N2O. The van der Waals surface area contributed by atoms with E-state index < -0.39 is 19.5 Å². The van der Waals surface area contributed by atoms with Crippen LogP contribution in [0.5, 0.6) is 0 Å². The van der Waals surface area contributed by atoms with Gasteiger partial charge in [0.1, 0.15) is 13.3 Å². The normalized spacial score (nSPS) is 12.0. The third-order valence-corrected chi connectivity index (χ3v) is 1.53. The molecule has 0 aliphatic heterocycles. The van der Waals surface area contributed by atoms with Gasteiger partial charge in [-0.15, -0.1) is 0 Å². The minimum Gasteiger partial charge on any atom is -0.366 e. The topological polar surface area (TPSA) is 27.1 Å². The van der Waals surface area contributed by atoms with E-state index in [9.17, 15) is 17.6 Å². The zero-order valence-electron chi connectivity index (χ0n) is 7.80. The van der Waals surface area contributed by atoms with Crippen molar-refractivity contribution >= 4 is 0 Å². The van der Waals surface area contributed by atoms with Crippen LogP contribution in [-0.2, 0) is 17.9 Å². The summed E-state index contributed by atoms with van der Waals surface area (Å²) in [6, 6.07) is 1.49. The third kappa shape index (κ3) is 4.78. The lowest BCUT2D eigenvalue weighted by atomic mass is 10.5. The minimum atomic E-state index is -4.33. The average molecular weight is 226 g/mol. The first-order chi connectivity index (χ1) is 7.01. The molecule has 86 valence electrons. The molecule has 3 nitrogen and oxygen atoms in total. The SMILES string of the molecule is FCCn1ccc(COCC(F)(F)F)n1. The number of rotatable bonds is 5. The van der Waals surface area contributed by atoms with Gasteiger partial charge in [0.25, 0.3) is 0 Å². The highest BCUT2D eigenvalue weighted by molar-refractivity contribution is 4.96. The van der Waals surface area contributed by atoms with Gasteiger partial charge >= 0.3 is 6.18 Å². The Morgan fingerprint density at radius 3 is 2.73 bits per heavy atom. The summed E-state index contributed by atoms with van der Waals surface area (Å²) in [5.74, 6) is 0. The van der Waals surface area contributed by atoms with E-state index in [1.165, 1.54) is 16.9 Å². The number of halogens is 4. The number of alkyl halides is 4. The van der Waals surface area contributed by atoms with Gasteiger partial charge in [-0.3, -0.25) is 4.68 Å². The van der Waals surface area contributed by atoms with Crippen LogP contribution >= 0.6 is 0 Å². The molecule has 0 aliphatic rings. The van der Waals surface area contributed by atoms with Crippen LogP contribution in [0.2, 0.25) is 0 Å². The number of aryl methyl sites for hydroxylation is 1. The van der Waals surface area contributed by atoms with Crippen LogP contribution in [0.4, 0.5) is 17.6 Å². The monoisotopic (exact) mass is 226 g/mol. The maximum absolute atomic E-state index is 11.9. The summed E-state index contributed by atoms with van der Waals surface area (Å²) in [6.45, 7) is -1.99. The number of hydrogen-bond donors (Lipinski definition) is 0. The highest BCUT2D eigenvalue weighted by Crippen LogP contribution is 2.15. The Morgan fingerprint density at radius 1 is 1.40 bits per heavy atom. The molecule has 0 aromatic carbocycles. The van der Waals surface area contributed by atoms with Crippen LogP contribution < -0.4 is 0 Å². The van der Waals surface area contributed by atoms with Crippen molar-refractivity contribution < 1.29 is 22.3 Å². The zero-order chi connectivity index (χ0) is 11.3. The van der Waals surface area contributed by atoms with Crippen molar-refractivity contribution in [1.82, 2.24) is 9.78 Å². The quantitative estimate of drug-likeness (QED) is 0.717. The average Bonchev–Trinajstić information content (AvgIpc) is 2.51. The van der Waals surface area contributed by atoms with Crippen LogP contribution in [0.25, 0.3) is 0 Å². The first kappa shape index (κ1) is 12.0. The highest BCUT2D eigenvalue weighted by atomic mass is 19.4. The summed E-state index contributed by atoms with van der Waals surface area (Å²) in [4.78, 5) is 0. The van der Waals surface area contributed by atoms with Crippen LogP contribution in [0, 0.1) is 0 Å². The molecule has 0 saturated carbocycles. The maximum atomic E-state index is 11.9. The van der Waals surface area contributed by atoms with E-state index in [0.717, 1.165) is 0 Å². The van der Waals surface area contributed by atoms with Crippen molar-refractivity contribution in [3.8, 4) is 0 Å². The predicted molar refractivity (Wildman–Crippen MR) is 43.9 cm³/mol. The second kappa shape index (κ2) is 5.11. The second-order valence-corrected chi connectivity index (χ2v) is 2.87. The summed E-state index contributed by atoms with van der Waals surface area (Å²) < 4.78 is 52.6. The lowest BCUT2D eigenvalue weighted by Gasteiger charge is -2.05. The molecule has 1 aromatic rings. The first-order valence-electron chi connectivity index (χ1n) is 4.24. The van der Waals surface area contributed by atoms with E-state index in [1.54, 1.807) is 0 Å². The molecule has 0 fully saturated rings. The van der Waals surface area contributed by atoms with Crippen molar-refractivity contribution in [2.24, 2.45) is 0 Å². The first-order valence-corrected chi connectivity index (χ1v) is 4.24. The molecule has 0 amide bonds. The van der Waals surface area contributed by atoms with Crippen molar-refractivity contribution in [3.05, 3.63) is 18.0 Å². The van der Waals surface area contributed by atoms with Gasteiger partial charge in [0.15, 0.2) is 0 Å². The summed E-state index contributed by atoms with van der Waals surface area (Å²) in [5, 5.41) is 3.80. The van der Waals surface area contributed by atoms with Gasteiger partial charge in [-0.05, 0) is 6.07 Å². The van der Waals surface area contributed by atoms with Crippen molar-refractivity contribution in [3.63, 3.8) is 0 Å². The molecule has 1 heterocycles. The molecule has 0 unspecified atom stereocenters. The minimum absolute atomic E-state index is 0.0965. The van der Waals surface area contributed by atoms with Gasteiger partial charge in [-0.2, -0.15) is 18.3 Å². The molecule has 0 radical (unpaired) electrons. The summed E-state index contributed by atoms with van der Waals surface area (Å²) >= 11 is 0. The summed E-state index contributed by atoms with van der Waals surface area (Å²) in [7, 11) is 0. The molecule has 0 atom stereocenters. The van der Waals surface area contributed by atoms with Crippen LogP contribution in [0.3, 0.4) is 0 Å². The summed E-state index contributed by atoms with van der Waals surface area (Å²) in [6.07, 6.45) is -2.84. The maximum Gasteiger partial charge on any atom is 0.411 e.